The molecule has 2 aromatic carbocycles. The first kappa shape index (κ1) is 18.7. The van der Waals surface area contributed by atoms with Crippen molar-refractivity contribution in [2.45, 2.75) is 19.8 Å². The molecule has 1 aliphatic rings. The summed E-state index contributed by atoms with van der Waals surface area (Å²) >= 11 is 12.2. The third-order valence-electron chi connectivity index (χ3n) is 4.74. The number of hydrogen-bond acceptors (Lipinski definition) is 2. The van der Waals surface area contributed by atoms with Gasteiger partial charge in [0.25, 0.3) is 5.91 Å². The molecule has 0 aromatic heterocycles. The van der Waals surface area contributed by atoms with E-state index in [-0.39, 0.29) is 17.7 Å². The summed E-state index contributed by atoms with van der Waals surface area (Å²) in [5, 5.41) is 3.66. The summed E-state index contributed by atoms with van der Waals surface area (Å²) in [6.45, 7) is 3.05. The summed E-state index contributed by atoms with van der Waals surface area (Å²) in [4.78, 5) is 27.0. The van der Waals surface area contributed by atoms with Gasteiger partial charge in [0, 0.05) is 24.6 Å². The number of likely N-dealkylation sites (tertiary alicyclic amines) is 1. The lowest BCUT2D eigenvalue weighted by molar-refractivity contribution is -0.121. The molecule has 1 saturated heterocycles. The molecule has 0 bridgehead atoms. The first-order chi connectivity index (χ1) is 12.5. The summed E-state index contributed by atoms with van der Waals surface area (Å²) in [6.07, 6.45) is 1.23. The van der Waals surface area contributed by atoms with Gasteiger partial charge in [-0.3, -0.25) is 9.59 Å². The second kappa shape index (κ2) is 8.11. The van der Waals surface area contributed by atoms with Crippen molar-refractivity contribution in [3.05, 3.63) is 63.6 Å². The maximum Gasteiger partial charge on any atom is 0.254 e. The van der Waals surface area contributed by atoms with Crippen LogP contribution in [-0.2, 0) is 4.79 Å². The third kappa shape index (κ3) is 4.02. The predicted octanol–water partition coefficient (Wildman–Crippen LogP) is 4.79. The summed E-state index contributed by atoms with van der Waals surface area (Å²) in [5.41, 5.74) is 2.13. The Labute approximate surface area is 163 Å². The van der Waals surface area contributed by atoms with Crippen molar-refractivity contribution in [3.8, 4) is 0 Å². The Morgan fingerprint density at radius 2 is 1.62 bits per heavy atom. The highest BCUT2D eigenvalue weighted by Gasteiger charge is 2.28. The number of benzene rings is 2. The Bertz CT molecular complexity index is 810. The van der Waals surface area contributed by atoms with Gasteiger partial charge in [-0.15, -0.1) is 0 Å². The zero-order valence-corrected chi connectivity index (χ0v) is 16.0. The fraction of sp³-hybridized carbons (Fsp3) is 0.300. The van der Waals surface area contributed by atoms with Gasteiger partial charge < -0.3 is 10.2 Å². The highest BCUT2D eigenvalue weighted by Crippen LogP contribution is 2.31. The molecule has 2 aromatic rings. The van der Waals surface area contributed by atoms with E-state index in [0.717, 1.165) is 11.1 Å². The first-order valence-electron chi connectivity index (χ1n) is 8.57. The van der Waals surface area contributed by atoms with Crippen molar-refractivity contribution < 1.29 is 9.59 Å². The van der Waals surface area contributed by atoms with E-state index in [9.17, 15) is 9.59 Å². The third-order valence-corrected chi connectivity index (χ3v) is 5.37. The van der Waals surface area contributed by atoms with Crippen LogP contribution in [0.15, 0.2) is 42.5 Å². The maximum absolute atomic E-state index is 12.7. The Hall–Kier alpha value is -2.04. The Morgan fingerprint density at radius 1 is 1.00 bits per heavy atom. The standard InChI is InChI=1S/C20H20Cl2N2O2/c1-13-5-2-3-6-15(13)20(26)24-11-9-14(10-12-24)19(25)23-18-16(21)7-4-8-17(18)22/h2-8,14H,9-12H2,1H3,(H,23,25). The van der Waals surface area contributed by atoms with Gasteiger partial charge in [-0.1, -0.05) is 47.5 Å². The van der Waals surface area contributed by atoms with E-state index < -0.39 is 0 Å². The van der Waals surface area contributed by atoms with Crippen molar-refractivity contribution in [1.29, 1.82) is 0 Å². The Morgan fingerprint density at radius 3 is 2.23 bits per heavy atom. The van der Waals surface area contributed by atoms with Crippen LogP contribution in [0, 0.1) is 12.8 Å². The lowest BCUT2D eigenvalue weighted by Gasteiger charge is -2.31. The molecular formula is C20H20Cl2N2O2. The van der Waals surface area contributed by atoms with E-state index in [0.29, 0.717) is 41.7 Å². The van der Waals surface area contributed by atoms with Gasteiger partial charge in [0.05, 0.1) is 15.7 Å². The molecule has 1 fully saturated rings. The number of amides is 2. The largest absolute Gasteiger partial charge is 0.339 e. The summed E-state index contributed by atoms with van der Waals surface area (Å²) < 4.78 is 0. The average Bonchev–Trinajstić information content (AvgIpc) is 2.65. The fourth-order valence-corrected chi connectivity index (χ4v) is 3.66. The molecule has 1 aliphatic heterocycles. The molecule has 0 atom stereocenters. The van der Waals surface area contributed by atoms with E-state index in [2.05, 4.69) is 5.32 Å². The first-order valence-corrected chi connectivity index (χ1v) is 9.32. The van der Waals surface area contributed by atoms with Crippen LogP contribution in [0.5, 0.6) is 0 Å². The highest BCUT2D eigenvalue weighted by atomic mass is 35.5. The minimum absolute atomic E-state index is 0.0242. The summed E-state index contributed by atoms with van der Waals surface area (Å²) in [6, 6.07) is 12.7. The van der Waals surface area contributed by atoms with Crippen LogP contribution in [0.4, 0.5) is 5.69 Å². The molecule has 1 N–H and O–H groups in total. The minimum atomic E-state index is -0.164. The number of carbonyl (C=O) groups is 2. The SMILES string of the molecule is Cc1ccccc1C(=O)N1CCC(C(=O)Nc2c(Cl)cccc2Cl)CC1. The number of piperidine rings is 1. The molecule has 0 spiro atoms. The number of halogens is 2. The Kier molecular flexibility index (Phi) is 5.84. The van der Waals surface area contributed by atoms with Crippen LogP contribution < -0.4 is 5.32 Å². The van der Waals surface area contributed by atoms with Crippen LogP contribution in [0.3, 0.4) is 0 Å². The number of aryl methyl sites for hydroxylation is 1. The summed E-state index contributed by atoms with van der Waals surface area (Å²) in [5.74, 6) is -0.248. The predicted molar refractivity (Wildman–Crippen MR) is 105 cm³/mol. The van der Waals surface area contributed by atoms with Crippen LogP contribution in [-0.4, -0.2) is 29.8 Å². The number of anilines is 1. The zero-order valence-electron chi connectivity index (χ0n) is 14.5. The molecule has 2 amide bonds. The normalized spacial score (nSPS) is 15.0. The van der Waals surface area contributed by atoms with Crippen LogP contribution in [0.1, 0.15) is 28.8 Å². The average molecular weight is 391 g/mol. The molecule has 0 radical (unpaired) electrons. The van der Waals surface area contributed by atoms with Crippen LogP contribution in [0.25, 0.3) is 0 Å². The van der Waals surface area contributed by atoms with Gasteiger partial charge in [0.2, 0.25) is 5.91 Å². The quantitative estimate of drug-likeness (QED) is 0.818. The van der Waals surface area contributed by atoms with Gasteiger partial charge >= 0.3 is 0 Å². The van der Waals surface area contributed by atoms with Gasteiger partial charge in [-0.25, -0.2) is 0 Å². The van der Waals surface area contributed by atoms with Crippen molar-refractivity contribution in [2.75, 3.05) is 18.4 Å². The molecule has 6 heteroatoms. The van der Waals surface area contributed by atoms with E-state index in [4.69, 9.17) is 23.2 Å². The molecule has 3 rings (SSSR count). The molecule has 4 nitrogen and oxygen atoms in total. The molecule has 136 valence electrons. The smallest absolute Gasteiger partial charge is 0.254 e. The van der Waals surface area contributed by atoms with Crippen molar-refractivity contribution >= 4 is 40.7 Å². The highest BCUT2D eigenvalue weighted by molar-refractivity contribution is 6.39. The molecule has 1 heterocycles. The zero-order chi connectivity index (χ0) is 18.7. The number of para-hydroxylation sites is 1. The lowest BCUT2D eigenvalue weighted by Crippen LogP contribution is -2.41. The Balaban J connectivity index is 1.61. The van der Waals surface area contributed by atoms with Gasteiger partial charge in [0.15, 0.2) is 0 Å². The number of nitrogens with zero attached hydrogens (tertiary/aromatic N) is 1. The van der Waals surface area contributed by atoms with Crippen LogP contribution in [0.2, 0.25) is 10.0 Å². The number of rotatable bonds is 3. The fourth-order valence-electron chi connectivity index (χ4n) is 3.17. The van der Waals surface area contributed by atoms with Crippen molar-refractivity contribution in [1.82, 2.24) is 4.90 Å². The molecule has 0 saturated carbocycles. The second-order valence-electron chi connectivity index (χ2n) is 6.47. The monoisotopic (exact) mass is 390 g/mol. The number of nitrogens with one attached hydrogen (secondary N) is 1. The summed E-state index contributed by atoms with van der Waals surface area (Å²) in [7, 11) is 0. The van der Waals surface area contributed by atoms with Gasteiger partial charge in [-0.2, -0.15) is 0 Å². The van der Waals surface area contributed by atoms with Gasteiger partial charge in [-0.05, 0) is 43.5 Å². The maximum atomic E-state index is 12.7. The van der Waals surface area contributed by atoms with Gasteiger partial charge in [0.1, 0.15) is 0 Å². The van der Waals surface area contributed by atoms with Crippen LogP contribution >= 0.6 is 23.2 Å². The lowest BCUT2D eigenvalue weighted by atomic mass is 9.95. The second-order valence-corrected chi connectivity index (χ2v) is 7.28. The molecule has 0 unspecified atom stereocenters. The number of carbonyl (C=O) groups excluding carboxylic acids is 2. The van der Waals surface area contributed by atoms with E-state index >= 15 is 0 Å². The van der Waals surface area contributed by atoms with Crippen molar-refractivity contribution in [3.63, 3.8) is 0 Å². The van der Waals surface area contributed by atoms with E-state index in [1.807, 2.05) is 36.1 Å². The molecule has 26 heavy (non-hydrogen) atoms. The van der Waals surface area contributed by atoms with E-state index in [1.54, 1.807) is 18.2 Å². The number of hydrogen-bond donors (Lipinski definition) is 1. The molecular weight excluding hydrogens is 371 g/mol. The minimum Gasteiger partial charge on any atom is -0.339 e. The topological polar surface area (TPSA) is 49.4 Å². The van der Waals surface area contributed by atoms with Crippen molar-refractivity contribution in [2.24, 2.45) is 5.92 Å². The van der Waals surface area contributed by atoms with E-state index in [1.165, 1.54) is 0 Å². The molecule has 0 aliphatic carbocycles.